The van der Waals surface area contributed by atoms with Crippen LogP contribution < -0.4 is 11.1 Å². The van der Waals surface area contributed by atoms with E-state index in [-0.39, 0.29) is 17.7 Å². The van der Waals surface area contributed by atoms with Crippen LogP contribution in [0.25, 0.3) is 0 Å². The number of benzene rings is 1. The summed E-state index contributed by atoms with van der Waals surface area (Å²) in [5.74, 6) is -0.100. The molecule has 1 aromatic carbocycles. The molecule has 1 amide bonds. The molecular weight excluding hydrogens is 326 g/mol. The molecule has 110 valence electrons. The van der Waals surface area contributed by atoms with Crippen LogP contribution in [0, 0.1) is 5.92 Å². The number of amidine groups is 1. The second-order valence-electron chi connectivity index (χ2n) is 4.49. The van der Waals surface area contributed by atoms with Gasteiger partial charge in [-0.2, -0.15) is 0 Å². The van der Waals surface area contributed by atoms with E-state index in [9.17, 15) is 4.79 Å². The number of carbonyl (C=O) groups is 1. The molecular formula is C13H18BrN3O3. The van der Waals surface area contributed by atoms with E-state index >= 15 is 0 Å². The highest BCUT2D eigenvalue weighted by Crippen LogP contribution is 2.22. The smallest absolute Gasteiger partial charge is 0.224 e. The monoisotopic (exact) mass is 343 g/mol. The number of amides is 1. The normalized spacial score (nSPS) is 13.1. The maximum absolute atomic E-state index is 11.9. The van der Waals surface area contributed by atoms with Gasteiger partial charge in [-0.15, -0.1) is 0 Å². The summed E-state index contributed by atoms with van der Waals surface area (Å²) in [6.45, 7) is 2.44. The molecule has 0 fully saturated rings. The Labute approximate surface area is 126 Å². The van der Waals surface area contributed by atoms with Crippen LogP contribution in [0.15, 0.2) is 27.8 Å². The summed E-state index contributed by atoms with van der Waals surface area (Å²) in [6, 6.07) is 5.11. The first kappa shape index (κ1) is 16.5. The number of nitrogens with two attached hydrogens (primary N) is 1. The van der Waals surface area contributed by atoms with Crippen molar-refractivity contribution in [3.05, 3.63) is 28.2 Å². The molecule has 1 atom stereocenters. The number of carbonyl (C=O) groups excluding carboxylic acids is 1. The van der Waals surface area contributed by atoms with Gasteiger partial charge in [0.05, 0.1) is 5.69 Å². The lowest BCUT2D eigenvalue weighted by Gasteiger charge is -2.13. The predicted octanol–water partition coefficient (Wildman–Crippen LogP) is 2.15. The molecule has 0 saturated carbocycles. The molecule has 0 spiro atoms. The highest BCUT2D eigenvalue weighted by molar-refractivity contribution is 9.10. The maximum Gasteiger partial charge on any atom is 0.224 e. The summed E-state index contributed by atoms with van der Waals surface area (Å²) < 4.78 is 5.78. The van der Waals surface area contributed by atoms with E-state index in [0.717, 1.165) is 4.47 Å². The van der Waals surface area contributed by atoms with Crippen molar-refractivity contribution < 1.29 is 14.7 Å². The van der Waals surface area contributed by atoms with Gasteiger partial charge in [0, 0.05) is 30.2 Å². The maximum atomic E-state index is 11.9. The van der Waals surface area contributed by atoms with Gasteiger partial charge in [-0.05, 0) is 24.1 Å². The van der Waals surface area contributed by atoms with Crippen molar-refractivity contribution in [3.63, 3.8) is 0 Å². The molecule has 0 aliphatic carbocycles. The zero-order valence-corrected chi connectivity index (χ0v) is 13.0. The lowest BCUT2D eigenvalue weighted by Crippen LogP contribution is -2.21. The summed E-state index contributed by atoms with van der Waals surface area (Å²) in [6.07, 6.45) is 0.329. The van der Waals surface area contributed by atoms with Gasteiger partial charge >= 0.3 is 0 Å². The van der Waals surface area contributed by atoms with E-state index in [1.165, 1.54) is 0 Å². The molecule has 0 aliphatic heterocycles. The third kappa shape index (κ3) is 4.82. The van der Waals surface area contributed by atoms with Crippen molar-refractivity contribution in [1.82, 2.24) is 0 Å². The Morgan fingerprint density at radius 2 is 2.30 bits per heavy atom. The molecule has 0 aliphatic rings. The highest BCUT2D eigenvalue weighted by atomic mass is 79.9. The largest absolute Gasteiger partial charge is 0.409 e. The Balaban J connectivity index is 2.85. The number of methoxy groups -OCH3 is 1. The second-order valence-corrected chi connectivity index (χ2v) is 5.40. The minimum Gasteiger partial charge on any atom is -0.409 e. The van der Waals surface area contributed by atoms with Gasteiger partial charge < -0.3 is 21.0 Å². The summed E-state index contributed by atoms with van der Waals surface area (Å²) in [5, 5.41) is 14.5. The molecule has 0 radical (unpaired) electrons. The van der Waals surface area contributed by atoms with Crippen LogP contribution in [-0.2, 0) is 9.53 Å². The number of oxime groups is 1. The van der Waals surface area contributed by atoms with Crippen LogP contribution in [-0.4, -0.2) is 30.7 Å². The van der Waals surface area contributed by atoms with Crippen molar-refractivity contribution in [3.8, 4) is 0 Å². The van der Waals surface area contributed by atoms with Crippen LogP contribution in [0.1, 0.15) is 18.9 Å². The quantitative estimate of drug-likeness (QED) is 0.319. The van der Waals surface area contributed by atoms with Gasteiger partial charge in [-0.25, -0.2) is 0 Å². The first-order chi connectivity index (χ1) is 9.47. The van der Waals surface area contributed by atoms with Crippen LogP contribution in [0.3, 0.4) is 0 Å². The Morgan fingerprint density at radius 1 is 1.60 bits per heavy atom. The summed E-state index contributed by atoms with van der Waals surface area (Å²) in [7, 11) is 1.60. The Morgan fingerprint density at radius 3 is 2.90 bits per heavy atom. The average Bonchev–Trinajstić information content (AvgIpc) is 2.38. The van der Waals surface area contributed by atoms with E-state index in [2.05, 4.69) is 26.4 Å². The number of ether oxygens (including phenoxy) is 1. The zero-order chi connectivity index (χ0) is 15.1. The summed E-state index contributed by atoms with van der Waals surface area (Å²) in [5.41, 5.74) is 6.53. The Kier molecular flexibility index (Phi) is 6.47. The molecule has 1 aromatic rings. The second kappa shape index (κ2) is 7.86. The molecule has 0 aromatic heterocycles. The topological polar surface area (TPSA) is 96.9 Å². The van der Waals surface area contributed by atoms with Crippen molar-refractivity contribution in [2.75, 3.05) is 19.0 Å². The molecule has 20 heavy (non-hydrogen) atoms. The van der Waals surface area contributed by atoms with E-state index in [4.69, 9.17) is 15.7 Å². The standard InChI is InChI=1S/C13H18BrN3O3/c1-8(7-20-2)5-12(18)16-11-6-9(14)3-4-10(11)13(15)17-19/h3-4,6,8,19H,5,7H2,1-2H3,(H2,15,17)(H,16,18). The molecule has 1 rings (SSSR count). The summed E-state index contributed by atoms with van der Waals surface area (Å²) in [4.78, 5) is 11.9. The van der Waals surface area contributed by atoms with Crippen molar-refractivity contribution in [2.24, 2.45) is 16.8 Å². The van der Waals surface area contributed by atoms with Crippen molar-refractivity contribution >= 4 is 33.4 Å². The number of nitrogens with one attached hydrogen (secondary N) is 1. The Bertz CT molecular complexity index is 506. The molecule has 0 bridgehead atoms. The molecule has 1 unspecified atom stereocenters. The first-order valence-corrected chi connectivity index (χ1v) is 6.83. The minimum atomic E-state index is -0.153. The fourth-order valence-corrected chi connectivity index (χ4v) is 2.12. The fourth-order valence-electron chi connectivity index (χ4n) is 1.76. The van der Waals surface area contributed by atoms with Gasteiger partial charge in [0.15, 0.2) is 5.84 Å². The van der Waals surface area contributed by atoms with Gasteiger partial charge in [-0.3, -0.25) is 4.79 Å². The third-order valence-corrected chi connectivity index (χ3v) is 3.12. The van der Waals surface area contributed by atoms with Crippen LogP contribution >= 0.6 is 15.9 Å². The van der Waals surface area contributed by atoms with Gasteiger partial charge in [0.25, 0.3) is 0 Å². The van der Waals surface area contributed by atoms with Gasteiger partial charge in [-0.1, -0.05) is 28.0 Å². The lowest BCUT2D eigenvalue weighted by molar-refractivity contribution is -0.117. The number of halogens is 1. The van der Waals surface area contributed by atoms with E-state index in [1.807, 2.05) is 6.92 Å². The number of anilines is 1. The van der Waals surface area contributed by atoms with Gasteiger partial charge in [0.1, 0.15) is 0 Å². The molecule has 7 heteroatoms. The predicted molar refractivity (Wildman–Crippen MR) is 80.9 cm³/mol. The summed E-state index contributed by atoms with van der Waals surface area (Å²) >= 11 is 3.32. The number of rotatable bonds is 6. The van der Waals surface area contributed by atoms with Crippen LogP contribution in [0.2, 0.25) is 0 Å². The number of hydrogen-bond acceptors (Lipinski definition) is 4. The first-order valence-electron chi connectivity index (χ1n) is 6.04. The van der Waals surface area contributed by atoms with Gasteiger partial charge in [0.2, 0.25) is 5.91 Å². The molecule has 0 heterocycles. The number of hydrogen-bond donors (Lipinski definition) is 3. The number of nitrogens with zero attached hydrogens (tertiary/aromatic N) is 1. The zero-order valence-electron chi connectivity index (χ0n) is 11.4. The van der Waals surface area contributed by atoms with E-state index < -0.39 is 0 Å². The Hall–Kier alpha value is -1.60. The third-order valence-electron chi connectivity index (χ3n) is 2.62. The average molecular weight is 344 g/mol. The van der Waals surface area contributed by atoms with Crippen LogP contribution in [0.5, 0.6) is 0 Å². The van der Waals surface area contributed by atoms with E-state index in [0.29, 0.717) is 24.3 Å². The lowest BCUT2D eigenvalue weighted by atomic mass is 10.1. The molecule has 0 saturated heterocycles. The fraction of sp³-hybridized carbons (Fsp3) is 0.385. The molecule has 6 nitrogen and oxygen atoms in total. The molecule has 4 N–H and O–H groups in total. The van der Waals surface area contributed by atoms with Crippen molar-refractivity contribution in [1.29, 1.82) is 0 Å². The van der Waals surface area contributed by atoms with E-state index in [1.54, 1.807) is 25.3 Å². The van der Waals surface area contributed by atoms with Crippen LogP contribution in [0.4, 0.5) is 5.69 Å². The highest BCUT2D eigenvalue weighted by Gasteiger charge is 2.13. The van der Waals surface area contributed by atoms with Crippen molar-refractivity contribution in [2.45, 2.75) is 13.3 Å². The minimum absolute atomic E-state index is 0.0576. The SMILES string of the molecule is COCC(C)CC(=O)Nc1cc(Br)ccc1/C(N)=N/O.